The van der Waals surface area contributed by atoms with E-state index < -0.39 is 0 Å². The van der Waals surface area contributed by atoms with Crippen LogP contribution in [-0.2, 0) is 9.59 Å². The van der Waals surface area contributed by atoms with Gasteiger partial charge in [-0.05, 0) is 37.4 Å². The van der Waals surface area contributed by atoms with E-state index in [2.05, 4.69) is 10.6 Å². The first kappa shape index (κ1) is 31.0. The number of amides is 2. The molecule has 2 amide bonds. The van der Waals surface area contributed by atoms with Gasteiger partial charge in [0.1, 0.15) is 0 Å². The Morgan fingerprint density at radius 3 is 1.38 bits per heavy atom. The minimum Gasteiger partial charge on any atom is -0.376 e. The van der Waals surface area contributed by atoms with Gasteiger partial charge in [-0.1, -0.05) is 50.7 Å². The molecule has 2 aliphatic heterocycles. The number of carbonyl (C=O) groups is 2. The third-order valence-corrected chi connectivity index (χ3v) is 5.37. The maximum absolute atomic E-state index is 12.1. The van der Waals surface area contributed by atoms with E-state index in [4.69, 9.17) is 0 Å². The lowest BCUT2D eigenvalue weighted by molar-refractivity contribution is -0.118. The SMILES string of the molecule is CN1C=CC=C(C(=O)NCCCCCCCCCCNC(=O)C2=CC=CN(C)C2)C1.I.I. The monoisotopic (exact) mass is 670 g/mol. The molecule has 0 bridgehead atoms. The Balaban J connectivity index is 0.00000480. The van der Waals surface area contributed by atoms with Crippen LogP contribution in [0.1, 0.15) is 51.4 Å². The fraction of sp³-hybridized carbons (Fsp3) is 0.583. The van der Waals surface area contributed by atoms with Gasteiger partial charge in [-0.15, -0.1) is 48.0 Å². The van der Waals surface area contributed by atoms with Crippen LogP contribution in [0, 0.1) is 0 Å². The summed E-state index contributed by atoms with van der Waals surface area (Å²) < 4.78 is 0. The Kier molecular flexibility index (Phi) is 17.8. The van der Waals surface area contributed by atoms with Crippen molar-refractivity contribution in [3.05, 3.63) is 47.9 Å². The number of rotatable bonds is 13. The van der Waals surface area contributed by atoms with Crippen LogP contribution in [0.5, 0.6) is 0 Å². The van der Waals surface area contributed by atoms with E-state index in [9.17, 15) is 9.59 Å². The quantitative estimate of drug-likeness (QED) is 0.226. The number of likely N-dealkylation sites (N-methyl/N-ethyl adjacent to an activating group) is 2. The Bertz CT molecular complexity index is 631. The first-order chi connectivity index (χ1) is 14.6. The molecule has 0 atom stereocenters. The molecule has 0 spiro atoms. The van der Waals surface area contributed by atoms with Gasteiger partial charge in [0, 0.05) is 51.4 Å². The summed E-state index contributed by atoms with van der Waals surface area (Å²) in [5.74, 6) is 0.114. The second-order valence-corrected chi connectivity index (χ2v) is 8.24. The average Bonchev–Trinajstić information content (AvgIpc) is 2.74. The van der Waals surface area contributed by atoms with Gasteiger partial charge in [-0.3, -0.25) is 9.59 Å². The van der Waals surface area contributed by atoms with Crippen molar-refractivity contribution in [1.29, 1.82) is 0 Å². The van der Waals surface area contributed by atoms with Gasteiger partial charge in [0.05, 0.1) is 0 Å². The Labute approximate surface area is 228 Å². The molecule has 0 aromatic heterocycles. The first-order valence-corrected chi connectivity index (χ1v) is 11.3. The van der Waals surface area contributed by atoms with Gasteiger partial charge in [0.25, 0.3) is 0 Å². The number of nitrogens with zero attached hydrogens (tertiary/aromatic N) is 2. The number of nitrogens with one attached hydrogen (secondary N) is 2. The van der Waals surface area contributed by atoms with E-state index in [0.29, 0.717) is 13.1 Å². The van der Waals surface area contributed by atoms with Crippen LogP contribution >= 0.6 is 48.0 Å². The molecule has 6 nitrogen and oxygen atoms in total. The number of halogens is 2. The second-order valence-electron chi connectivity index (χ2n) is 8.24. The maximum atomic E-state index is 12.1. The van der Waals surface area contributed by atoms with Gasteiger partial charge in [-0.2, -0.15) is 0 Å². The molecule has 0 fully saturated rings. The van der Waals surface area contributed by atoms with E-state index in [-0.39, 0.29) is 59.8 Å². The first-order valence-electron chi connectivity index (χ1n) is 11.3. The Morgan fingerprint density at radius 1 is 0.688 bits per heavy atom. The molecular weight excluding hydrogens is 630 g/mol. The highest BCUT2D eigenvalue weighted by Gasteiger charge is 2.12. The molecule has 0 unspecified atom stereocenters. The topological polar surface area (TPSA) is 64.7 Å². The lowest BCUT2D eigenvalue weighted by Gasteiger charge is -2.19. The lowest BCUT2D eigenvalue weighted by atomic mass is 10.1. The number of allylic oxidation sites excluding steroid dienone is 4. The predicted molar refractivity (Wildman–Crippen MR) is 153 cm³/mol. The summed E-state index contributed by atoms with van der Waals surface area (Å²) in [5, 5.41) is 6.04. The van der Waals surface area contributed by atoms with E-state index in [1.807, 2.05) is 60.6 Å². The van der Waals surface area contributed by atoms with Gasteiger partial charge in [0.2, 0.25) is 11.8 Å². The fourth-order valence-electron chi connectivity index (χ4n) is 3.60. The summed E-state index contributed by atoms with van der Waals surface area (Å²) in [6, 6.07) is 0. The highest BCUT2D eigenvalue weighted by Crippen LogP contribution is 2.09. The molecular formula is C24H40I2N4O2. The van der Waals surface area contributed by atoms with Gasteiger partial charge >= 0.3 is 0 Å². The van der Waals surface area contributed by atoms with Crippen LogP contribution in [-0.4, -0.2) is 61.9 Å². The Morgan fingerprint density at radius 2 is 1.03 bits per heavy atom. The minimum absolute atomic E-state index is 0. The van der Waals surface area contributed by atoms with Crippen LogP contribution in [0.15, 0.2) is 47.9 Å². The standard InChI is InChI=1S/C24H38N4O2.2HI/c1-27-17-11-13-21(19-27)23(29)25-15-9-7-5-3-4-6-8-10-16-26-24(30)22-14-12-18-28(2)20-22;;/h11-14,17-18H,3-10,15-16,19-20H2,1-2H3,(H,25,29)(H,26,30);2*1H. The van der Waals surface area contributed by atoms with Crippen molar-refractivity contribution in [3.8, 4) is 0 Å². The van der Waals surface area contributed by atoms with Crippen molar-refractivity contribution < 1.29 is 9.59 Å². The van der Waals surface area contributed by atoms with Crippen LogP contribution in [0.4, 0.5) is 0 Å². The van der Waals surface area contributed by atoms with Crippen LogP contribution in [0.2, 0.25) is 0 Å². The van der Waals surface area contributed by atoms with E-state index >= 15 is 0 Å². The van der Waals surface area contributed by atoms with E-state index in [1.54, 1.807) is 0 Å². The molecule has 0 aliphatic carbocycles. The molecule has 2 aliphatic rings. The van der Waals surface area contributed by atoms with Crippen molar-refractivity contribution in [2.75, 3.05) is 40.3 Å². The molecule has 8 heteroatoms. The molecule has 0 aromatic carbocycles. The summed E-state index contributed by atoms with van der Waals surface area (Å²) in [4.78, 5) is 28.2. The molecule has 0 saturated heterocycles. The molecule has 0 saturated carbocycles. The van der Waals surface area contributed by atoms with Crippen molar-refractivity contribution in [2.24, 2.45) is 0 Å². The van der Waals surface area contributed by atoms with Gasteiger partial charge in [-0.25, -0.2) is 0 Å². The zero-order valence-electron chi connectivity index (χ0n) is 19.5. The molecule has 0 radical (unpaired) electrons. The summed E-state index contributed by atoms with van der Waals surface area (Å²) >= 11 is 0. The van der Waals surface area contributed by atoms with Crippen LogP contribution in [0.3, 0.4) is 0 Å². The normalized spacial score (nSPS) is 14.7. The fourth-order valence-corrected chi connectivity index (χ4v) is 3.60. The zero-order valence-corrected chi connectivity index (χ0v) is 24.1. The van der Waals surface area contributed by atoms with E-state index in [1.165, 1.54) is 25.7 Å². The summed E-state index contributed by atoms with van der Waals surface area (Å²) in [6.07, 6.45) is 20.9. The molecule has 32 heavy (non-hydrogen) atoms. The van der Waals surface area contributed by atoms with Crippen molar-refractivity contribution in [2.45, 2.75) is 51.4 Å². The highest BCUT2D eigenvalue weighted by molar-refractivity contribution is 14.0. The lowest BCUT2D eigenvalue weighted by Crippen LogP contribution is -2.31. The smallest absolute Gasteiger partial charge is 0.249 e. The summed E-state index contributed by atoms with van der Waals surface area (Å²) in [6.45, 7) is 2.87. The predicted octanol–water partition coefficient (Wildman–Crippen LogP) is 4.35. The average molecular weight is 670 g/mol. The largest absolute Gasteiger partial charge is 0.376 e. The maximum Gasteiger partial charge on any atom is 0.249 e. The van der Waals surface area contributed by atoms with Gasteiger partial charge < -0.3 is 20.4 Å². The zero-order chi connectivity index (χ0) is 21.6. The molecule has 0 aromatic rings. The molecule has 2 heterocycles. The molecule has 2 N–H and O–H groups in total. The molecule has 2 rings (SSSR count). The highest BCUT2D eigenvalue weighted by atomic mass is 127. The summed E-state index contributed by atoms with van der Waals surface area (Å²) in [7, 11) is 3.94. The number of hydrogen-bond acceptors (Lipinski definition) is 4. The van der Waals surface area contributed by atoms with Crippen molar-refractivity contribution in [1.82, 2.24) is 20.4 Å². The minimum atomic E-state index is 0. The van der Waals surface area contributed by atoms with Crippen LogP contribution in [0.25, 0.3) is 0 Å². The van der Waals surface area contributed by atoms with Gasteiger partial charge in [0.15, 0.2) is 0 Å². The number of unbranched alkanes of at least 4 members (excludes halogenated alkanes) is 7. The second kappa shape index (κ2) is 18.4. The number of carbonyl (C=O) groups excluding carboxylic acids is 2. The Hall–Kier alpha value is -1.04. The number of hydrogen-bond donors (Lipinski definition) is 2. The van der Waals surface area contributed by atoms with E-state index in [0.717, 1.165) is 49.9 Å². The third kappa shape index (κ3) is 12.9. The third-order valence-electron chi connectivity index (χ3n) is 5.37. The molecule has 182 valence electrons. The van der Waals surface area contributed by atoms with Crippen LogP contribution < -0.4 is 10.6 Å². The summed E-state index contributed by atoms with van der Waals surface area (Å²) in [5.41, 5.74) is 1.66. The van der Waals surface area contributed by atoms with Crippen molar-refractivity contribution >= 4 is 59.8 Å². The van der Waals surface area contributed by atoms with Crippen molar-refractivity contribution in [3.63, 3.8) is 0 Å².